The average Bonchev–Trinajstić information content (AvgIpc) is 3.33. The highest BCUT2D eigenvalue weighted by molar-refractivity contribution is 7.99. The molecule has 0 unspecified atom stereocenters. The van der Waals surface area contributed by atoms with E-state index in [0.29, 0.717) is 22.5 Å². The van der Waals surface area contributed by atoms with Crippen molar-refractivity contribution in [2.24, 2.45) is 0 Å². The van der Waals surface area contributed by atoms with E-state index in [2.05, 4.69) is 30.5 Å². The molecule has 8 nitrogen and oxygen atoms in total. The molecule has 5 rings (SSSR count). The lowest BCUT2D eigenvalue weighted by molar-refractivity contribution is -0.113. The van der Waals surface area contributed by atoms with Crippen LogP contribution >= 0.6 is 11.8 Å². The van der Waals surface area contributed by atoms with Gasteiger partial charge in [0.1, 0.15) is 0 Å². The Morgan fingerprint density at radius 2 is 1.53 bits per heavy atom. The molecule has 5 aromatic rings. The van der Waals surface area contributed by atoms with Crippen LogP contribution in [-0.4, -0.2) is 41.4 Å². The zero-order valence-electron chi connectivity index (χ0n) is 17.9. The third-order valence-corrected chi connectivity index (χ3v) is 5.80. The lowest BCUT2D eigenvalue weighted by atomic mass is 10.2. The molecule has 0 radical (unpaired) electrons. The average molecular weight is 466 g/mol. The van der Waals surface area contributed by atoms with Crippen LogP contribution in [0.15, 0.2) is 103 Å². The minimum absolute atomic E-state index is 0.151. The Balaban J connectivity index is 1.30. The second-order valence-electron chi connectivity index (χ2n) is 7.22. The van der Waals surface area contributed by atoms with Crippen molar-refractivity contribution < 1.29 is 4.79 Å². The third-order valence-electron chi connectivity index (χ3n) is 4.87. The van der Waals surface area contributed by atoms with Gasteiger partial charge in [0.2, 0.25) is 5.91 Å². The van der Waals surface area contributed by atoms with Gasteiger partial charge in [-0.15, -0.1) is 10.2 Å². The first kappa shape index (κ1) is 21.5. The van der Waals surface area contributed by atoms with Gasteiger partial charge in [-0.25, -0.2) is 9.97 Å². The SMILES string of the molecule is O=C(CSc1nnc(-c2cccnc2)n1-c1ccccc1)Nc1cnc(-c2ccccc2)nc1. The molecule has 166 valence electrons. The minimum Gasteiger partial charge on any atom is -0.323 e. The van der Waals surface area contributed by atoms with Crippen LogP contribution in [-0.2, 0) is 4.79 Å². The second kappa shape index (κ2) is 10.1. The molecule has 0 aliphatic heterocycles. The molecule has 1 N–H and O–H groups in total. The normalized spacial score (nSPS) is 10.7. The maximum atomic E-state index is 12.6. The van der Waals surface area contributed by atoms with Crippen molar-refractivity contribution in [1.29, 1.82) is 0 Å². The van der Waals surface area contributed by atoms with E-state index in [0.717, 1.165) is 16.8 Å². The lowest BCUT2D eigenvalue weighted by Gasteiger charge is -2.10. The number of hydrogen-bond acceptors (Lipinski definition) is 7. The van der Waals surface area contributed by atoms with E-state index in [1.54, 1.807) is 24.8 Å². The number of pyridine rings is 1. The van der Waals surface area contributed by atoms with E-state index in [-0.39, 0.29) is 11.7 Å². The number of carbonyl (C=O) groups is 1. The molecule has 0 saturated carbocycles. The van der Waals surface area contributed by atoms with E-state index in [4.69, 9.17) is 0 Å². The number of para-hydroxylation sites is 1. The zero-order chi connectivity index (χ0) is 23.2. The predicted octanol–water partition coefficient (Wildman–Crippen LogP) is 4.52. The van der Waals surface area contributed by atoms with Crippen LogP contribution in [0.3, 0.4) is 0 Å². The van der Waals surface area contributed by atoms with Gasteiger partial charge < -0.3 is 5.32 Å². The summed E-state index contributed by atoms with van der Waals surface area (Å²) in [6.45, 7) is 0. The Bertz CT molecular complexity index is 1380. The molecule has 1 amide bonds. The predicted molar refractivity (Wildman–Crippen MR) is 131 cm³/mol. The minimum atomic E-state index is -0.188. The van der Waals surface area contributed by atoms with Crippen molar-refractivity contribution in [3.05, 3.63) is 97.6 Å². The summed E-state index contributed by atoms with van der Waals surface area (Å²) in [5.41, 5.74) is 3.19. The van der Waals surface area contributed by atoms with Crippen LogP contribution in [0.4, 0.5) is 5.69 Å². The first-order chi connectivity index (χ1) is 16.8. The fourth-order valence-corrected chi connectivity index (χ4v) is 4.06. The molecule has 0 saturated heterocycles. The molecular formula is C25H19N7OS. The molecule has 0 atom stereocenters. The van der Waals surface area contributed by atoms with Gasteiger partial charge in [-0.1, -0.05) is 60.3 Å². The van der Waals surface area contributed by atoms with Crippen molar-refractivity contribution in [2.45, 2.75) is 5.16 Å². The number of aromatic nitrogens is 6. The van der Waals surface area contributed by atoms with Gasteiger partial charge in [0.25, 0.3) is 0 Å². The number of benzene rings is 2. The number of hydrogen-bond donors (Lipinski definition) is 1. The Morgan fingerprint density at radius 1 is 0.824 bits per heavy atom. The van der Waals surface area contributed by atoms with Crippen LogP contribution in [0.1, 0.15) is 0 Å². The number of carbonyl (C=O) groups excluding carboxylic acids is 1. The highest BCUT2D eigenvalue weighted by Crippen LogP contribution is 2.27. The van der Waals surface area contributed by atoms with Crippen LogP contribution in [0, 0.1) is 0 Å². The van der Waals surface area contributed by atoms with Crippen LogP contribution in [0.25, 0.3) is 28.5 Å². The molecular weight excluding hydrogens is 446 g/mol. The number of nitrogens with zero attached hydrogens (tertiary/aromatic N) is 6. The summed E-state index contributed by atoms with van der Waals surface area (Å²) in [4.78, 5) is 25.5. The van der Waals surface area contributed by atoms with Gasteiger partial charge >= 0.3 is 0 Å². The molecule has 0 aliphatic rings. The van der Waals surface area contributed by atoms with E-state index in [9.17, 15) is 4.79 Å². The van der Waals surface area contributed by atoms with E-state index < -0.39 is 0 Å². The van der Waals surface area contributed by atoms with Crippen molar-refractivity contribution >= 4 is 23.4 Å². The van der Waals surface area contributed by atoms with Crippen molar-refractivity contribution in [1.82, 2.24) is 29.7 Å². The molecule has 34 heavy (non-hydrogen) atoms. The standard InChI is InChI=1S/C25H19N7OS/c33-22(29-20-15-27-23(28-16-20)18-8-3-1-4-9-18)17-34-25-31-30-24(19-10-7-13-26-14-19)32(25)21-11-5-2-6-12-21/h1-16H,17H2,(H,29,33). The first-order valence-corrected chi connectivity index (χ1v) is 11.5. The Hall–Kier alpha value is -4.37. The molecule has 0 aliphatic carbocycles. The van der Waals surface area contributed by atoms with Gasteiger partial charge in [-0.05, 0) is 24.3 Å². The summed E-state index contributed by atoms with van der Waals surface area (Å²) < 4.78 is 1.92. The number of thioether (sulfide) groups is 1. The summed E-state index contributed by atoms with van der Waals surface area (Å²) in [6, 6.07) is 23.2. The van der Waals surface area contributed by atoms with Crippen LogP contribution < -0.4 is 5.32 Å². The van der Waals surface area contributed by atoms with E-state index in [1.165, 1.54) is 11.8 Å². The van der Waals surface area contributed by atoms with Crippen molar-refractivity contribution in [3.63, 3.8) is 0 Å². The Labute approximate surface area is 200 Å². The van der Waals surface area contributed by atoms with Crippen LogP contribution in [0.2, 0.25) is 0 Å². The molecule has 9 heteroatoms. The number of anilines is 1. The summed E-state index contributed by atoms with van der Waals surface area (Å²) in [7, 11) is 0. The smallest absolute Gasteiger partial charge is 0.234 e. The summed E-state index contributed by atoms with van der Waals surface area (Å²) in [5.74, 6) is 1.23. The Morgan fingerprint density at radius 3 is 2.24 bits per heavy atom. The molecule has 0 spiro atoms. The summed E-state index contributed by atoms with van der Waals surface area (Å²) >= 11 is 1.30. The molecule has 2 aromatic carbocycles. The number of nitrogens with one attached hydrogen (secondary N) is 1. The van der Waals surface area contributed by atoms with Crippen LogP contribution in [0.5, 0.6) is 0 Å². The van der Waals surface area contributed by atoms with E-state index >= 15 is 0 Å². The lowest BCUT2D eigenvalue weighted by Crippen LogP contribution is -2.15. The second-order valence-corrected chi connectivity index (χ2v) is 8.16. The van der Waals surface area contributed by atoms with Crippen molar-refractivity contribution in [3.8, 4) is 28.5 Å². The van der Waals surface area contributed by atoms with E-state index in [1.807, 2.05) is 77.4 Å². The van der Waals surface area contributed by atoms with Gasteiger partial charge in [-0.3, -0.25) is 14.3 Å². The number of amides is 1. The summed E-state index contributed by atoms with van der Waals surface area (Å²) in [5, 5.41) is 12.1. The fraction of sp³-hybridized carbons (Fsp3) is 0.0400. The largest absolute Gasteiger partial charge is 0.323 e. The Kier molecular flexibility index (Phi) is 6.35. The maximum Gasteiger partial charge on any atom is 0.234 e. The molecule has 3 heterocycles. The topological polar surface area (TPSA) is 98.5 Å². The number of rotatable bonds is 7. The summed E-state index contributed by atoms with van der Waals surface area (Å²) in [6.07, 6.45) is 6.66. The highest BCUT2D eigenvalue weighted by atomic mass is 32.2. The van der Waals surface area contributed by atoms with Gasteiger partial charge in [0.15, 0.2) is 16.8 Å². The quantitative estimate of drug-likeness (QED) is 0.353. The fourth-order valence-electron chi connectivity index (χ4n) is 3.31. The van der Waals surface area contributed by atoms with Gasteiger partial charge in [0, 0.05) is 29.2 Å². The zero-order valence-corrected chi connectivity index (χ0v) is 18.8. The molecule has 0 fully saturated rings. The third kappa shape index (κ3) is 4.84. The molecule has 0 bridgehead atoms. The van der Waals surface area contributed by atoms with Gasteiger partial charge in [-0.2, -0.15) is 0 Å². The molecule has 3 aromatic heterocycles. The maximum absolute atomic E-state index is 12.6. The highest BCUT2D eigenvalue weighted by Gasteiger charge is 2.17. The first-order valence-electron chi connectivity index (χ1n) is 10.5. The van der Waals surface area contributed by atoms with Gasteiger partial charge in [0.05, 0.1) is 23.8 Å². The van der Waals surface area contributed by atoms with Crippen molar-refractivity contribution in [2.75, 3.05) is 11.1 Å². The monoisotopic (exact) mass is 465 g/mol.